The second-order valence-corrected chi connectivity index (χ2v) is 6.39. The van der Waals surface area contributed by atoms with Crippen LogP contribution in [-0.4, -0.2) is 15.5 Å². The van der Waals surface area contributed by atoms with Gasteiger partial charge in [0.05, 0.1) is 12.7 Å². The van der Waals surface area contributed by atoms with Gasteiger partial charge in [0.25, 0.3) is 0 Å². The van der Waals surface area contributed by atoms with Crippen molar-refractivity contribution in [3.05, 3.63) is 65.1 Å². The van der Waals surface area contributed by atoms with Gasteiger partial charge in [0.15, 0.2) is 0 Å². The number of hydrogen-bond donors (Lipinski definition) is 0. The summed E-state index contributed by atoms with van der Waals surface area (Å²) in [7, 11) is -2.62. The molecule has 2 aromatic carbocycles. The van der Waals surface area contributed by atoms with Crippen LogP contribution in [0, 0.1) is 0 Å². The van der Waals surface area contributed by atoms with Gasteiger partial charge >= 0.3 is 6.18 Å². The fourth-order valence-electron chi connectivity index (χ4n) is 1.99. The first-order valence-corrected chi connectivity index (χ1v) is 8.03. The van der Waals surface area contributed by atoms with E-state index in [9.17, 15) is 21.6 Å². The molecule has 0 radical (unpaired) electrons. The first-order valence-electron chi connectivity index (χ1n) is 6.48. The van der Waals surface area contributed by atoms with Crippen molar-refractivity contribution in [2.24, 2.45) is 0 Å². The summed E-state index contributed by atoms with van der Waals surface area (Å²) < 4.78 is 68.3. The van der Waals surface area contributed by atoms with Crippen molar-refractivity contribution in [2.75, 3.05) is 7.11 Å². The summed E-state index contributed by atoms with van der Waals surface area (Å²) in [5.74, 6) is 0.126. The third-order valence-electron chi connectivity index (χ3n) is 3.07. The summed E-state index contributed by atoms with van der Waals surface area (Å²) in [6.45, 7) is 0. The first-order chi connectivity index (χ1) is 10.8. The number of ether oxygens (including phenoxy) is 1. The average molecular weight is 342 g/mol. The van der Waals surface area contributed by atoms with E-state index < -0.39 is 21.6 Å². The van der Waals surface area contributed by atoms with E-state index in [2.05, 4.69) is 0 Å². The second-order valence-electron chi connectivity index (χ2n) is 4.58. The Balaban J connectivity index is 2.45. The SMILES string of the molecule is COc1ccccc1S(=O)(=O)/C=C/c1ccccc1C(F)(F)F. The van der Waals surface area contributed by atoms with Crippen molar-refractivity contribution in [3.8, 4) is 5.75 Å². The zero-order chi connectivity index (χ0) is 17.1. The summed E-state index contributed by atoms with van der Waals surface area (Å²) in [5, 5.41) is 0.745. The van der Waals surface area contributed by atoms with Crippen LogP contribution in [0.3, 0.4) is 0 Å². The van der Waals surface area contributed by atoms with Crippen LogP contribution >= 0.6 is 0 Å². The predicted octanol–water partition coefficient (Wildman–Crippen LogP) is 4.16. The number of para-hydroxylation sites is 1. The van der Waals surface area contributed by atoms with Gasteiger partial charge in [-0.15, -0.1) is 0 Å². The summed E-state index contributed by atoms with van der Waals surface area (Å²) in [6.07, 6.45) is -3.63. The number of alkyl halides is 3. The van der Waals surface area contributed by atoms with Crippen molar-refractivity contribution in [3.63, 3.8) is 0 Å². The molecule has 0 N–H and O–H groups in total. The molecule has 0 atom stereocenters. The lowest BCUT2D eigenvalue weighted by Gasteiger charge is -2.10. The summed E-state index contributed by atoms with van der Waals surface area (Å²) in [5.41, 5.74) is -1.12. The number of hydrogen-bond acceptors (Lipinski definition) is 3. The zero-order valence-electron chi connectivity index (χ0n) is 12.0. The van der Waals surface area contributed by atoms with Crippen molar-refractivity contribution >= 4 is 15.9 Å². The third kappa shape index (κ3) is 3.92. The van der Waals surface area contributed by atoms with Crippen LogP contribution < -0.4 is 4.74 Å². The Morgan fingerprint density at radius 3 is 2.26 bits per heavy atom. The van der Waals surface area contributed by atoms with Crippen molar-refractivity contribution in [2.45, 2.75) is 11.1 Å². The molecule has 0 amide bonds. The zero-order valence-corrected chi connectivity index (χ0v) is 12.9. The Kier molecular flexibility index (Phi) is 4.79. The number of methoxy groups -OCH3 is 1. The quantitative estimate of drug-likeness (QED) is 0.838. The molecular weight excluding hydrogens is 329 g/mol. The minimum Gasteiger partial charge on any atom is -0.495 e. The highest BCUT2D eigenvalue weighted by atomic mass is 32.2. The van der Waals surface area contributed by atoms with Gasteiger partial charge < -0.3 is 4.74 Å². The number of benzene rings is 2. The van der Waals surface area contributed by atoms with Crippen LogP contribution in [0.25, 0.3) is 6.08 Å². The molecule has 0 aliphatic rings. The molecule has 0 saturated carbocycles. The molecule has 0 spiro atoms. The molecule has 0 fully saturated rings. The molecule has 0 heterocycles. The molecule has 2 rings (SSSR count). The normalized spacial score (nSPS) is 12.5. The van der Waals surface area contributed by atoms with Gasteiger partial charge in [-0.25, -0.2) is 8.42 Å². The number of rotatable bonds is 4. The van der Waals surface area contributed by atoms with Crippen molar-refractivity contribution in [1.82, 2.24) is 0 Å². The average Bonchev–Trinajstić information content (AvgIpc) is 2.52. The Labute approximate surface area is 131 Å². The van der Waals surface area contributed by atoms with E-state index in [-0.39, 0.29) is 16.2 Å². The van der Waals surface area contributed by atoms with E-state index in [0.29, 0.717) is 0 Å². The first kappa shape index (κ1) is 17.1. The fraction of sp³-hybridized carbons (Fsp3) is 0.125. The van der Waals surface area contributed by atoms with Crippen LogP contribution in [0.2, 0.25) is 0 Å². The molecule has 23 heavy (non-hydrogen) atoms. The van der Waals surface area contributed by atoms with Crippen molar-refractivity contribution in [1.29, 1.82) is 0 Å². The Hall–Kier alpha value is -2.28. The van der Waals surface area contributed by atoms with E-state index in [1.165, 1.54) is 43.5 Å². The van der Waals surface area contributed by atoms with E-state index >= 15 is 0 Å². The third-order valence-corrected chi connectivity index (χ3v) is 4.51. The van der Waals surface area contributed by atoms with Crippen LogP contribution in [0.4, 0.5) is 13.2 Å². The minimum atomic E-state index is -4.56. The lowest BCUT2D eigenvalue weighted by Crippen LogP contribution is -2.07. The maximum absolute atomic E-state index is 12.9. The molecule has 122 valence electrons. The van der Waals surface area contributed by atoms with Gasteiger partial charge in [0, 0.05) is 5.41 Å². The van der Waals surface area contributed by atoms with Gasteiger partial charge in [-0.1, -0.05) is 30.3 Å². The second kappa shape index (κ2) is 6.45. The summed E-state index contributed by atoms with van der Waals surface area (Å²) in [6, 6.07) is 10.7. The smallest absolute Gasteiger partial charge is 0.416 e. The Bertz CT molecular complexity index is 824. The van der Waals surface area contributed by atoms with Gasteiger partial charge in [0.1, 0.15) is 10.6 Å². The Morgan fingerprint density at radius 1 is 1.00 bits per heavy atom. The molecule has 0 aromatic heterocycles. The van der Waals surface area contributed by atoms with Crippen molar-refractivity contribution < 1.29 is 26.3 Å². The van der Waals surface area contributed by atoms with Crippen LogP contribution in [0.1, 0.15) is 11.1 Å². The van der Waals surface area contributed by atoms with E-state index in [0.717, 1.165) is 17.6 Å². The maximum Gasteiger partial charge on any atom is 0.416 e. The highest BCUT2D eigenvalue weighted by Crippen LogP contribution is 2.33. The van der Waals surface area contributed by atoms with Gasteiger partial charge in [-0.3, -0.25) is 0 Å². The lowest BCUT2D eigenvalue weighted by atomic mass is 10.1. The van der Waals surface area contributed by atoms with Gasteiger partial charge in [-0.05, 0) is 29.8 Å². The fourth-order valence-corrected chi connectivity index (χ4v) is 3.16. The summed E-state index contributed by atoms with van der Waals surface area (Å²) in [4.78, 5) is -0.108. The molecule has 0 bridgehead atoms. The predicted molar refractivity (Wildman–Crippen MR) is 80.7 cm³/mol. The molecule has 7 heteroatoms. The molecule has 0 saturated heterocycles. The lowest BCUT2D eigenvalue weighted by molar-refractivity contribution is -0.137. The molecular formula is C16H13F3O3S. The van der Waals surface area contributed by atoms with Crippen LogP contribution in [-0.2, 0) is 16.0 Å². The van der Waals surface area contributed by atoms with Crippen LogP contribution in [0.15, 0.2) is 58.8 Å². The number of sulfone groups is 1. The highest BCUT2D eigenvalue weighted by Gasteiger charge is 2.32. The Morgan fingerprint density at radius 2 is 1.61 bits per heavy atom. The molecule has 0 aliphatic heterocycles. The molecule has 2 aromatic rings. The molecule has 0 aliphatic carbocycles. The van der Waals surface area contributed by atoms with E-state index in [4.69, 9.17) is 4.74 Å². The number of halogens is 3. The topological polar surface area (TPSA) is 43.4 Å². The highest BCUT2D eigenvalue weighted by molar-refractivity contribution is 7.94. The monoisotopic (exact) mass is 342 g/mol. The largest absolute Gasteiger partial charge is 0.495 e. The minimum absolute atomic E-state index is 0.108. The molecule has 3 nitrogen and oxygen atoms in total. The molecule has 0 unspecified atom stereocenters. The van der Waals surface area contributed by atoms with Gasteiger partial charge in [-0.2, -0.15) is 13.2 Å². The maximum atomic E-state index is 12.9. The van der Waals surface area contributed by atoms with E-state index in [1.807, 2.05) is 0 Å². The summed E-state index contributed by atoms with van der Waals surface area (Å²) >= 11 is 0. The van der Waals surface area contributed by atoms with Gasteiger partial charge in [0.2, 0.25) is 9.84 Å². The standard InChI is InChI=1S/C16H13F3O3S/c1-22-14-8-4-5-9-15(14)23(20,21)11-10-12-6-2-3-7-13(12)16(17,18)19/h2-11H,1H3/b11-10+. The van der Waals surface area contributed by atoms with Crippen LogP contribution in [0.5, 0.6) is 5.75 Å². The van der Waals surface area contributed by atoms with E-state index in [1.54, 1.807) is 6.07 Å².